The maximum absolute atomic E-state index is 14.3. The van der Waals surface area contributed by atoms with Gasteiger partial charge in [0.15, 0.2) is 23.3 Å². The highest BCUT2D eigenvalue weighted by Gasteiger charge is 2.52. The van der Waals surface area contributed by atoms with Gasteiger partial charge in [0.1, 0.15) is 18.4 Å². The Labute approximate surface area is 355 Å². The molecule has 0 unspecified atom stereocenters. The smallest absolute Gasteiger partial charge is 0.359 e. The van der Waals surface area contributed by atoms with Gasteiger partial charge in [-0.1, -0.05) is 41.4 Å². The number of nitrogens with one attached hydrogen (secondary N) is 2. The molecule has 1 atom stereocenters. The van der Waals surface area contributed by atoms with E-state index in [1.807, 2.05) is 0 Å². The summed E-state index contributed by atoms with van der Waals surface area (Å²) >= 11 is 12.5. The molecule has 21 heteroatoms. The summed E-state index contributed by atoms with van der Waals surface area (Å²) in [7, 11) is -8.28. The molecule has 1 saturated heterocycles. The molecule has 0 aliphatic carbocycles. The van der Waals surface area contributed by atoms with Crippen LogP contribution in [0.15, 0.2) is 48.5 Å². The molecule has 12 nitrogen and oxygen atoms in total. The summed E-state index contributed by atoms with van der Waals surface area (Å²) in [6.07, 6.45) is 1.35. The number of halogens is 7. The summed E-state index contributed by atoms with van der Waals surface area (Å²) in [6.45, 7) is 6.52. The van der Waals surface area contributed by atoms with E-state index in [-0.39, 0.29) is 65.4 Å². The summed E-state index contributed by atoms with van der Waals surface area (Å²) in [5.41, 5.74) is -1.73. The summed E-state index contributed by atoms with van der Waals surface area (Å²) in [5.74, 6) is -12.2. The van der Waals surface area contributed by atoms with Gasteiger partial charge in [0, 0.05) is 47.2 Å². The molecule has 0 saturated carbocycles. The van der Waals surface area contributed by atoms with Crippen molar-refractivity contribution in [3.63, 3.8) is 0 Å². The highest BCUT2D eigenvalue weighted by Crippen LogP contribution is 2.69. The number of piperidine rings is 1. The summed E-state index contributed by atoms with van der Waals surface area (Å²) in [4.78, 5) is 28.7. The van der Waals surface area contributed by atoms with Crippen molar-refractivity contribution in [2.24, 2.45) is 0 Å². The lowest BCUT2D eigenvalue weighted by Crippen LogP contribution is -2.54. The first-order valence-electron chi connectivity index (χ1n) is 19.0. The molecule has 1 fully saturated rings. The van der Waals surface area contributed by atoms with Crippen molar-refractivity contribution in [1.82, 2.24) is 15.5 Å². The topological polar surface area (TPSA) is 142 Å². The lowest BCUT2D eigenvalue weighted by molar-refractivity contribution is -0.136. The van der Waals surface area contributed by atoms with E-state index in [2.05, 4.69) is 10.6 Å². The summed E-state index contributed by atoms with van der Waals surface area (Å²) < 4.78 is 126. The molecule has 3 aromatic rings. The Hall–Kier alpha value is -3.37. The number of carbonyl (C=O) groups is 2. The Morgan fingerprint density at radius 2 is 1.27 bits per heavy atom. The Bertz CT molecular complexity index is 2000. The largest absolute Gasteiger partial charge is 0.489 e. The average molecular weight is 929 g/mol. The van der Waals surface area contributed by atoms with Gasteiger partial charge in [0.05, 0.1) is 32.0 Å². The first kappa shape index (κ1) is 49.3. The maximum Gasteiger partial charge on any atom is 0.359 e. The van der Waals surface area contributed by atoms with Crippen LogP contribution in [0.25, 0.3) is 6.08 Å². The van der Waals surface area contributed by atoms with Gasteiger partial charge in [-0.15, -0.1) is 0 Å². The van der Waals surface area contributed by atoms with E-state index in [1.165, 1.54) is 4.90 Å². The van der Waals surface area contributed by atoms with Gasteiger partial charge in [-0.05, 0) is 76.4 Å². The normalized spacial score (nSPS) is 14.6. The molecule has 1 heterocycles. The van der Waals surface area contributed by atoms with Crippen molar-refractivity contribution in [2.75, 3.05) is 39.5 Å². The molecule has 2 N–H and O–H groups in total. The second-order valence-electron chi connectivity index (χ2n) is 13.1. The van der Waals surface area contributed by atoms with Crippen LogP contribution in [0.3, 0.4) is 0 Å². The number of hydrogen-bond acceptors (Lipinski definition) is 10. The van der Waals surface area contributed by atoms with Crippen LogP contribution in [-0.2, 0) is 49.8 Å². The quantitative estimate of drug-likeness (QED) is 0.0349. The molecule has 60 heavy (non-hydrogen) atoms. The summed E-state index contributed by atoms with van der Waals surface area (Å²) in [6, 6.07) is 9.76. The second-order valence-corrected chi connectivity index (χ2v) is 18.6. The Kier molecular flexibility index (Phi) is 18.6. The molecule has 330 valence electrons. The monoisotopic (exact) mass is 927 g/mol. The molecule has 1 aliphatic heterocycles. The molecule has 4 rings (SSSR count). The van der Waals surface area contributed by atoms with Crippen LogP contribution in [0.2, 0.25) is 10.0 Å². The maximum atomic E-state index is 14.3. The highest BCUT2D eigenvalue weighted by atomic mass is 35.5. The molecule has 3 aromatic carbocycles. The SMILES string of the molecule is CCOP(=O)(OCC)C(NC1CCN(C(=O)[C@H](Cc2ccc(OCc3c(Cl)cccc3Cl)cc2)NC(=O)/C=C/c2c(F)c(F)c(F)c(F)c2F)CC1)P(=O)(OCC)OCC. The van der Waals surface area contributed by atoms with Crippen LogP contribution in [0.1, 0.15) is 57.2 Å². The van der Waals surface area contributed by atoms with E-state index < -0.39 is 79.3 Å². The zero-order valence-electron chi connectivity index (χ0n) is 33.2. The van der Waals surface area contributed by atoms with E-state index in [9.17, 15) is 40.7 Å². The van der Waals surface area contributed by atoms with Crippen LogP contribution < -0.4 is 15.4 Å². The van der Waals surface area contributed by atoms with Crippen molar-refractivity contribution in [3.05, 3.63) is 104 Å². The van der Waals surface area contributed by atoms with Crippen molar-refractivity contribution < 1.29 is 63.5 Å². The average Bonchev–Trinajstić information content (AvgIpc) is 3.21. The van der Waals surface area contributed by atoms with Gasteiger partial charge in [0.2, 0.25) is 23.2 Å². The second kappa shape index (κ2) is 22.6. The van der Waals surface area contributed by atoms with Crippen molar-refractivity contribution >= 4 is 56.3 Å². The number of rotatable bonds is 21. The number of amides is 2. The van der Waals surface area contributed by atoms with E-state index in [0.29, 0.717) is 39.1 Å². The van der Waals surface area contributed by atoms with Gasteiger partial charge in [-0.25, -0.2) is 22.0 Å². The molecule has 0 bridgehead atoms. The van der Waals surface area contributed by atoms with E-state index in [0.717, 1.165) is 0 Å². The minimum Gasteiger partial charge on any atom is -0.489 e. The van der Waals surface area contributed by atoms with Crippen molar-refractivity contribution in [3.8, 4) is 5.75 Å². The van der Waals surface area contributed by atoms with Crippen LogP contribution in [0.5, 0.6) is 5.75 Å². The third-order valence-corrected chi connectivity index (χ3v) is 15.5. The summed E-state index contributed by atoms with van der Waals surface area (Å²) in [5, 5.41) is 6.43. The molecular formula is C39H46Cl2F5N3O9P2. The molecule has 1 aliphatic rings. The number of benzene rings is 3. The zero-order valence-corrected chi connectivity index (χ0v) is 36.5. The number of carbonyl (C=O) groups excluding carboxylic acids is 2. The van der Waals surface area contributed by atoms with E-state index in [4.69, 9.17) is 46.0 Å². The predicted octanol–water partition coefficient (Wildman–Crippen LogP) is 9.40. The Balaban J connectivity index is 1.55. The minimum absolute atomic E-state index is 0.0301. The molecular weight excluding hydrogens is 882 g/mol. The number of hydrogen-bond donors (Lipinski definition) is 2. The van der Waals surface area contributed by atoms with Crippen molar-refractivity contribution in [1.29, 1.82) is 0 Å². The van der Waals surface area contributed by atoms with Gasteiger partial charge in [-0.2, -0.15) is 0 Å². The fourth-order valence-corrected chi connectivity index (χ4v) is 11.9. The molecule has 0 spiro atoms. The number of nitrogens with zero attached hydrogens (tertiary/aromatic N) is 1. The number of ether oxygens (including phenoxy) is 1. The predicted molar refractivity (Wildman–Crippen MR) is 216 cm³/mol. The molecule has 2 amide bonds. The van der Waals surface area contributed by atoms with Gasteiger partial charge in [0.25, 0.3) is 0 Å². The third-order valence-electron chi connectivity index (χ3n) is 9.09. The van der Waals surface area contributed by atoms with E-state index in [1.54, 1.807) is 70.2 Å². The first-order valence-corrected chi connectivity index (χ1v) is 23.0. The van der Waals surface area contributed by atoms with Crippen LogP contribution in [-0.4, -0.2) is 73.8 Å². The molecule has 0 aromatic heterocycles. The van der Waals surface area contributed by atoms with Crippen molar-refractivity contribution in [2.45, 2.75) is 71.2 Å². The zero-order chi connectivity index (χ0) is 44.2. The fourth-order valence-electron chi connectivity index (χ4n) is 6.26. The van der Waals surface area contributed by atoms with Gasteiger partial charge >= 0.3 is 15.2 Å². The minimum atomic E-state index is -4.14. The Morgan fingerprint density at radius 1 is 0.783 bits per heavy atom. The lowest BCUT2D eigenvalue weighted by atomic mass is 10.0. The van der Waals surface area contributed by atoms with Crippen LogP contribution in [0, 0.1) is 29.1 Å². The molecule has 0 radical (unpaired) electrons. The third kappa shape index (κ3) is 12.4. The van der Waals surface area contributed by atoms with Crippen LogP contribution in [0.4, 0.5) is 22.0 Å². The lowest BCUT2D eigenvalue weighted by Gasteiger charge is -2.38. The van der Waals surface area contributed by atoms with E-state index >= 15 is 0 Å². The number of likely N-dealkylation sites (tertiary alicyclic amines) is 1. The van der Waals surface area contributed by atoms with Gasteiger partial charge in [-0.3, -0.25) is 24.0 Å². The Morgan fingerprint density at radius 3 is 1.75 bits per heavy atom. The highest BCUT2D eigenvalue weighted by molar-refractivity contribution is 7.72. The fraction of sp³-hybridized carbons (Fsp3) is 0.436. The first-order chi connectivity index (χ1) is 28.5. The van der Waals surface area contributed by atoms with Crippen LogP contribution >= 0.6 is 38.4 Å². The van der Waals surface area contributed by atoms with Gasteiger partial charge < -0.3 is 33.0 Å². The standard InChI is InChI=1S/C39H46Cl2F5N3O9P2/c1-5-55-59(52,56-6-2)39(60(53,57-7-3)58-8-4)47-25-18-20-49(21-19-25)38(51)31(48-32(50)17-16-27-33(42)35(44)37(46)36(45)34(27)43)22-24-12-14-26(15-13-24)54-23-28-29(40)10-9-11-30(28)41/h9-17,25,31,39,47H,5-8,18-23H2,1-4H3,(H,48,50)/b17-16+/t31-/m0/s1.